The standard InChI is InChI=1S/C13H18NO3P/c1-3-12(11-8-6-5-7-9-11)13(4-2,10-14)18(15,16)17/h5-9,12H,3-4H2,1-2H3,(H2,15,16,17). The molecule has 2 atom stereocenters. The van der Waals surface area contributed by atoms with Gasteiger partial charge in [0.1, 0.15) is 0 Å². The molecule has 4 nitrogen and oxygen atoms in total. The second-order valence-corrected chi connectivity index (χ2v) is 6.19. The predicted octanol–water partition coefficient (Wildman–Crippen LogP) is 3.03. The summed E-state index contributed by atoms with van der Waals surface area (Å²) in [5, 5.41) is 7.70. The molecule has 0 fully saturated rings. The van der Waals surface area contributed by atoms with Crippen molar-refractivity contribution >= 4 is 7.60 Å². The van der Waals surface area contributed by atoms with Crippen molar-refractivity contribution in [3.8, 4) is 6.07 Å². The summed E-state index contributed by atoms with van der Waals surface area (Å²) in [6.45, 7) is 3.49. The Hall–Kier alpha value is -1.14. The van der Waals surface area contributed by atoms with E-state index >= 15 is 0 Å². The minimum Gasteiger partial charge on any atom is -0.323 e. The average Bonchev–Trinajstić information content (AvgIpc) is 2.35. The van der Waals surface area contributed by atoms with Crippen molar-refractivity contribution in [2.24, 2.45) is 0 Å². The maximum Gasteiger partial charge on any atom is 0.346 e. The van der Waals surface area contributed by atoms with E-state index in [0.717, 1.165) is 5.56 Å². The van der Waals surface area contributed by atoms with Crippen LogP contribution in [-0.4, -0.2) is 14.9 Å². The Morgan fingerprint density at radius 2 is 1.89 bits per heavy atom. The van der Waals surface area contributed by atoms with E-state index in [2.05, 4.69) is 0 Å². The van der Waals surface area contributed by atoms with E-state index in [0.29, 0.717) is 6.42 Å². The fourth-order valence-corrected chi connectivity index (χ4v) is 3.69. The van der Waals surface area contributed by atoms with Gasteiger partial charge in [-0.25, -0.2) is 0 Å². The van der Waals surface area contributed by atoms with Crippen LogP contribution in [-0.2, 0) is 4.57 Å². The van der Waals surface area contributed by atoms with Crippen LogP contribution in [0.15, 0.2) is 30.3 Å². The van der Waals surface area contributed by atoms with Gasteiger partial charge in [0, 0.05) is 5.92 Å². The number of nitriles is 1. The molecule has 98 valence electrons. The van der Waals surface area contributed by atoms with Gasteiger partial charge in [-0.05, 0) is 18.4 Å². The van der Waals surface area contributed by atoms with Crippen molar-refractivity contribution in [2.75, 3.05) is 0 Å². The third kappa shape index (κ3) is 2.49. The summed E-state index contributed by atoms with van der Waals surface area (Å²) in [6.07, 6.45) is 0.637. The molecule has 0 radical (unpaired) electrons. The van der Waals surface area contributed by atoms with Crippen LogP contribution >= 0.6 is 7.60 Å². The van der Waals surface area contributed by atoms with E-state index in [-0.39, 0.29) is 6.42 Å². The smallest absolute Gasteiger partial charge is 0.323 e. The molecule has 0 saturated heterocycles. The van der Waals surface area contributed by atoms with Gasteiger partial charge in [-0.2, -0.15) is 5.26 Å². The molecular weight excluding hydrogens is 249 g/mol. The summed E-state index contributed by atoms with van der Waals surface area (Å²) in [6, 6.07) is 11.0. The summed E-state index contributed by atoms with van der Waals surface area (Å²) in [5.74, 6) is -0.463. The quantitative estimate of drug-likeness (QED) is 0.803. The Kier molecular flexibility index (Phi) is 4.70. The largest absolute Gasteiger partial charge is 0.346 e. The SMILES string of the molecule is CCC(c1ccccc1)C(C#N)(CC)P(=O)(O)O. The van der Waals surface area contributed by atoms with Crippen LogP contribution in [0.5, 0.6) is 0 Å². The predicted molar refractivity (Wildman–Crippen MR) is 70.2 cm³/mol. The zero-order valence-corrected chi connectivity index (χ0v) is 11.5. The molecule has 0 saturated carbocycles. The van der Waals surface area contributed by atoms with Gasteiger partial charge in [-0.1, -0.05) is 44.2 Å². The van der Waals surface area contributed by atoms with Crippen molar-refractivity contribution in [1.82, 2.24) is 0 Å². The average molecular weight is 267 g/mol. The van der Waals surface area contributed by atoms with Gasteiger partial charge in [0.15, 0.2) is 5.16 Å². The lowest BCUT2D eigenvalue weighted by atomic mass is 9.82. The Morgan fingerprint density at radius 3 is 2.22 bits per heavy atom. The first-order valence-electron chi connectivity index (χ1n) is 5.94. The Bertz CT molecular complexity index is 477. The summed E-state index contributed by atoms with van der Waals surface area (Å²) in [7, 11) is -4.51. The third-order valence-electron chi connectivity index (χ3n) is 3.44. The van der Waals surface area contributed by atoms with Crippen LogP contribution in [0, 0.1) is 11.3 Å². The Balaban J connectivity index is 3.37. The van der Waals surface area contributed by atoms with Gasteiger partial charge in [-0.15, -0.1) is 0 Å². The zero-order valence-electron chi connectivity index (χ0n) is 10.6. The first kappa shape index (κ1) is 14.9. The molecule has 0 bridgehead atoms. The van der Waals surface area contributed by atoms with Gasteiger partial charge in [0.05, 0.1) is 6.07 Å². The monoisotopic (exact) mass is 267 g/mol. The van der Waals surface area contributed by atoms with Gasteiger partial charge >= 0.3 is 7.60 Å². The second kappa shape index (κ2) is 5.67. The fourth-order valence-electron chi connectivity index (χ4n) is 2.41. The van der Waals surface area contributed by atoms with E-state index in [1.807, 2.05) is 43.3 Å². The van der Waals surface area contributed by atoms with Crippen molar-refractivity contribution in [3.05, 3.63) is 35.9 Å². The number of benzene rings is 1. The van der Waals surface area contributed by atoms with Crippen LogP contribution in [0.1, 0.15) is 38.2 Å². The van der Waals surface area contributed by atoms with Crippen LogP contribution in [0.3, 0.4) is 0 Å². The van der Waals surface area contributed by atoms with Crippen LogP contribution in [0.4, 0.5) is 0 Å². The van der Waals surface area contributed by atoms with Crippen LogP contribution < -0.4 is 0 Å². The Labute approximate surface area is 107 Å². The molecule has 0 aliphatic rings. The minimum atomic E-state index is -4.51. The van der Waals surface area contributed by atoms with E-state index in [9.17, 15) is 19.6 Å². The number of hydrogen-bond acceptors (Lipinski definition) is 2. The molecule has 2 unspecified atom stereocenters. The molecule has 0 aromatic heterocycles. The number of rotatable bonds is 5. The third-order valence-corrected chi connectivity index (χ3v) is 5.21. The first-order valence-corrected chi connectivity index (χ1v) is 7.56. The molecule has 0 amide bonds. The van der Waals surface area contributed by atoms with Crippen molar-refractivity contribution in [3.63, 3.8) is 0 Å². The second-order valence-electron chi connectivity index (χ2n) is 4.31. The van der Waals surface area contributed by atoms with Crippen molar-refractivity contribution < 1.29 is 14.4 Å². The summed E-state index contributed by atoms with van der Waals surface area (Å²) in [4.78, 5) is 19.2. The zero-order chi connectivity index (χ0) is 13.8. The lowest BCUT2D eigenvalue weighted by Crippen LogP contribution is -2.34. The van der Waals surface area contributed by atoms with Crippen LogP contribution in [0.25, 0.3) is 0 Å². The first-order chi connectivity index (χ1) is 8.43. The molecule has 0 spiro atoms. The van der Waals surface area contributed by atoms with Gasteiger partial charge < -0.3 is 9.79 Å². The summed E-state index contributed by atoms with van der Waals surface area (Å²) < 4.78 is 11.8. The van der Waals surface area contributed by atoms with E-state index < -0.39 is 18.7 Å². The lowest BCUT2D eigenvalue weighted by Gasteiger charge is -2.34. The highest BCUT2D eigenvalue weighted by molar-refractivity contribution is 7.54. The lowest BCUT2D eigenvalue weighted by molar-refractivity contribution is 0.320. The highest BCUT2D eigenvalue weighted by atomic mass is 31.2. The van der Waals surface area contributed by atoms with Crippen molar-refractivity contribution in [1.29, 1.82) is 5.26 Å². The van der Waals surface area contributed by atoms with Crippen LogP contribution in [0.2, 0.25) is 0 Å². The fraction of sp³-hybridized carbons (Fsp3) is 0.462. The van der Waals surface area contributed by atoms with Gasteiger partial charge in [0.25, 0.3) is 0 Å². The maximum absolute atomic E-state index is 11.8. The molecule has 1 rings (SSSR count). The van der Waals surface area contributed by atoms with E-state index in [1.165, 1.54) is 0 Å². The van der Waals surface area contributed by atoms with E-state index in [4.69, 9.17) is 0 Å². The summed E-state index contributed by atoms with van der Waals surface area (Å²) in [5.41, 5.74) is 0.798. The molecule has 0 heterocycles. The summed E-state index contributed by atoms with van der Waals surface area (Å²) >= 11 is 0. The Morgan fingerprint density at radius 1 is 1.33 bits per heavy atom. The number of hydrogen-bond donors (Lipinski definition) is 2. The molecule has 1 aromatic carbocycles. The maximum atomic E-state index is 11.8. The molecule has 2 N–H and O–H groups in total. The molecular formula is C13H18NO3P. The minimum absolute atomic E-state index is 0.126. The van der Waals surface area contributed by atoms with Gasteiger partial charge in [0.2, 0.25) is 0 Å². The normalized spacial score (nSPS) is 16.6. The highest BCUT2D eigenvalue weighted by Crippen LogP contribution is 2.59. The molecule has 0 aliphatic heterocycles. The van der Waals surface area contributed by atoms with Crippen molar-refractivity contribution in [2.45, 2.75) is 37.8 Å². The van der Waals surface area contributed by atoms with E-state index in [1.54, 1.807) is 6.92 Å². The number of nitrogens with zero attached hydrogens (tertiary/aromatic N) is 1. The highest BCUT2D eigenvalue weighted by Gasteiger charge is 2.51. The topological polar surface area (TPSA) is 81.3 Å². The molecule has 0 aliphatic carbocycles. The van der Waals surface area contributed by atoms with Gasteiger partial charge in [-0.3, -0.25) is 4.57 Å². The molecule has 1 aromatic rings. The molecule has 5 heteroatoms. The molecule has 18 heavy (non-hydrogen) atoms.